The van der Waals surface area contributed by atoms with Gasteiger partial charge in [-0.05, 0) is 26.0 Å². The van der Waals surface area contributed by atoms with Gasteiger partial charge in [-0.1, -0.05) is 25.1 Å². The van der Waals surface area contributed by atoms with E-state index in [4.69, 9.17) is 4.74 Å². The summed E-state index contributed by atoms with van der Waals surface area (Å²) in [5, 5.41) is 10.3. The molecule has 1 aromatic carbocycles. The van der Waals surface area contributed by atoms with E-state index in [1.807, 2.05) is 25.1 Å². The number of H-pyrrole nitrogens is 1. The van der Waals surface area contributed by atoms with Crippen LogP contribution in [0.2, 0.25) is 0 Å². The van der Waals surface area contributed by atoms with Crippen LogP contribution in [0.25, 0.3) is 0 Å². The van der Waals surface area contributed by atoms with Gasteiger partial charge in [-0.3, -0.25) is 5.10 Å². The lowest BCUT2D eigenvalue weighted by Crippen LogP contribution is -2.25. The molecule has 0 spiro atoms. The molecule has 0 radical (unpaired) electrons. The fourth-order valence-electron chi connectivity index (χ4n) is 2.00. The predicted octanol–water partition coefficient (Wildman–Crippen LogP) is 2.29. The third-order valence-electron chi connectivity index (χ3n) is 2.84. The van der Waals surface area contributed by atoms with E-state index in [0.717, 1.165) is 30.1 Å². The average molecular weight is 260 g/mol. The third-order valence-corrected chi connectivity index (χ3v) is 2.84. The number of hydrogen-bond donors (Lipinski definition) is 2. The first-order valence-corrected chi connectivity index (χ1v) is 6.67. The lowest BCUT2D eigenvalue weighted by atomic mass is 10.0. The van der Waals surface area contributed by atoms with E-state index in [1.165, 1.54) is 6.33 Å². The molecule has 0 aliphatic heterocycles. The van der Waals surface area contributed by atoms with Crippen LogP contribution in [-0.4, -0.2) is 28.3 Å². The normalized spacial score (nSPS) is 12.3. The highest BCUT2D eigenvalue weighted by Crippen LogP contribution is 2.28. The lowest BCUT2D eigenvalue weighted by molar-refractivity contribution is 0.333. The zero-order chi connectivity index (χ0) is 13.5. The summed E-state index contributed by atoms with van der Waals surface area (Å²) in [7, 11) is 0. The first-order valence-electron chi connectivity index (χ1n) is 6.67. The van der Waals surface area contributed by atoms with Gasteiger partial charge < -0.3 is 10.1 Å². The summed E-state index contributed by atoms with van der Waals surface area (Å²) in [6.45, 7) is 5.68. The minimum atomic E-state index is -0.0230. The number of nitrogens with zero attached hydrogens (tertiary/aromatic N) is 2. The number of hydrogen-bond acceptors (Lipinski definition) is 4. The van der Waals surface area contributed by atoms with Crippen molar-refractivity contribution in [1.82, 2.24) is 20.5 Å². The molecule has 2 N–H and O–H groups in total. The van der Waals surface area contributed by atoms with Crippen molar-refractivity contribution in [2.45, 2.75) is 26.3 Å². The molecule has 1 unspecified atom stereocenters. The van der Waals surface area contributed by atoms with Gasteiger partial charge in [-0.25, -0.2) is 4.98 Å². The zero-order valence-electron chi connectivity index (χ0n) is 11.4. The van der Waals surface area contributed by atoms with Crippen molar-refractivity contribution in [1.29, 1.82) is 0 Å². The van der Waals surface area contributed by atoms with Gasteiger partial charge in [0, 0.05) is 5.56 Å². The Morgan fingerprint density at radius 2 is 2.16 bits per heavy atom. The molecule has 0 saturated heterocycles. The van der Waals surface area contributed by atoms with Gasteiger partial charge in [0.15, 0.2) is 0 Å². The highest BCUT2D eigenvalue weighted by Gasteiger charge is 2.19. The molecule has 5 heteroatoms. The van der Waals surface area contributed by atoms with Crippen molar-refractivity contribution in [3.63, 3.8) is 0 Å². The molecule has 1 atom stereocenters. The molecule has 1 aromatic heterocycles. The van der Waals surface area contributed by atoms with Crippen molar-refractivity contribution in [3.8, 4) is 5.75 Å². The number of aromatic nitrogens is 3. The Hall–Kier alpha value is -1.88. The van der Waals surface area contributed by atoms with E-state index in [2.05, 4.69) is 33.5 Å². The van der Waals surface area contributed by atoms with Gasteiger partial charge in [0.05, 0.1) is 12.6 Å². The molecular weight excluding hydrogens is 240 g/mol. The molecule has 19 heavy (non-hydrogen) atoms. The summed E-state index contributed by atoms with van der Waals surface area (Å²) in [6, 6.07) is 8.00. The summed E-state index contributed by atoms with van der Waals surface area (Å²) < 4.78 is 5.69. The number of nitrogens with one attached hydrogen (secondary N) is 2. The summed E-state index contributed by atoms with van der Waals surface area (Å²) in [5.41, 5.74) is 1.08. The van der Waals surface area contributed by atoms with Crippen LogP contribution in [0, 0.1) is 0 Å². The van der Waals surface area contributed by atoms with Gasteiger partial charge in [0.1, 0.15) is 17.9 Å². The van der Waals surface area contributed by atoms with Crippen LogP contribution in [0.1, 0.15) is 37.7 Å². The van der Waals surface area contributed by atoms with Crippen molar-refractivity contribution < 1.29 is 4.74 Å². The monoisotopic (exact) mass is 260 g/mol. The van der Waals surface area contributed by atoms with E-state index in [-0.39, 0.29) is 6.04 Å². The van der Waals surface area contributed by atoms with Gasteiger partial charge in [0.2, 0.25) is 0 Å². The van der Waals surface area contributed by atoms with Crippen LogP contribution in [0.5, 0.6) is 5.75 Å². The molecule has 0 bridgehead atoms. The Balaban J connectivity index is 2.32. The Labute approximate surface area is 113 Å². The summed E-state index contributed by atoms with van der Waals surface area (Å²) in [4.78, 5) is 4.26. The Morgan fingerprint density at radius 3 is 2.84 bits per heavy atom. The summed E-state index contributed by atoms with van der Waals surface area (Å²) >= 11 is 0. The van der Waals surface area contributed by atoms with Crippen LogP contribution in [0.15, 0.2) is 30.6 Å². The molecule has 2 aromatic rings. The third kappa shape index (κ3) is 3.32. The van der Waals surface area contributed by atoms with Crippen molar-refractivity contribution in [2.75, 3.05) is 13.2 Å². The number of rotatable bonds is 7. The number of ether oxygens (including phenoxy) is 1. The van der Waals surface area contributed by atoms with E-state index < -0.39 is 0 Å². The van der Waals surface area contributed by atoms with Gasteiger partial charge >= 0.3 is 0 Å². The minimum Gasteiger partial charge on any atom is -0.494 e. The highest BCUT2D eigenvalue weighted by molar-refractivity contribution is 5.38. The first kappa shape index (κ1) is 13.5. The van der Waals surface area contributed by atoms with Gasteiger partial charge in [-0.2, -0.15) is 5.10 Å². The van der Waals surface area contributed by atoms with E-state index in [9.17, 15) is 0 Å². The molecule has 0 saturated carbocycles. The maximum Gasteiger partial charge on any atom is 0.146 e. The molecule has 0 aliphatic carbocycles. The summed E-state index contributed by atoms with van der Waals surface area (Å²) in [5.74, 6) is 1.69. The molecule has 0 amide bonds. The van der Waals surface area contributed by atoms with Gasteiger partial charge in [-0.15, -0.1) is 0 Å². The van der Waals surface area contributed by atoms with Crippen LogP contribution >= 0.6 is 0 Å². The molecule has 102 valence electrons. The second-order valence-corrected chi connectivity index (χ2v) is 4.23. The maximum absolute atomic E-state index is 5.69. The van der Waals surface area contributed by atoms with Crippen LogP contribution in [-0.2, 0) is 0 Å². The smallest absolute Gasteiger partial charge is 0.146 e. The first-order chi connectivity index (χ1) is 9.36. The predicted molar refractivity (Wildman–Crippen MR) is 74.1 cm³/mol. The van der Waals surface area contributed by atoms with Crippen LogP contribution < -0.4 is 10.1 Å². The minimum absolute atomic E-state index is 0.0230. The molecule has 2 rings (SSSR count). The van der Waals surface area contributed by atoms with E-state index in [1.54, 1.807) is 0 Å². The fraction of sp³-hybridized carbons (Fsp3) is 0.429. The largest absolute Gasteiger partial charge is 0.494 e. The molecule has 0 fully saturated rings. The van der Waals surface area contributed by atoms with Crippen molar-refractivity contribution in [2.24, 2.45) is 0 Å². The second-order valence-electron chi connectivity index (χ2n) is 4.23. The quantitative estimate of drug-likeness (QED) is 0.801. The van der Waals surface area contributed by atoms with Crippen molar-refractivity contribution >= 4 is 0 Å². The molecule has 0 aliphatic rings. The Kier molecular flexibility index (Phi) is 4.92. The standard InChI is InChI=1S/C14H20N4O/c1-3-9-15-13(14-16-10-17-18-14)11-7-5-6-8-12(11)19-4-2/h5-8,10,13,15H,3-4,9H2,1-2H3,(H,16,17,18). The SMILES string of the molecule is CCCNC(c1ncn[nH]1)c1ccccc1OCC. The Bertz CT molecular complexity index is 484. The van der Waals surface area contributed by atoms with Crippen LogP contribution in [0.3, 0.4) is 0 Å². The molecular formula is C14H20N4O. The average Bonchev–Trinajstić information content (AvgIpc) is 2.95. The van der Waals surface area contributed by atoms with Crippen LogP contribution in [0.4, 0.5) is 0 Å². The second kappa shape index (κ2) is 6.89. The fourth-order valence-corrected chi connectivity index (χ4v) is 2.00. The van der Waals surface area contributed by atoms with E-state index in [0.29, 0.717) is 6.61 Å². The van der Waals surface area contributed by atoms with Crippen molar-refractivity contribution in [3.05, 3.63) is 42.0 Å². The highest BCUT2D eigenvalue weighted by atomic mass is 16.5. The molecule has 5 nitrogen and oxygen atoms in total. The number of aromatic amines is 1. The lowest BCUT2D eigenvalue weighted by Gasteiger charge is -2.19. The zero-order valence-corrected chi connectivity index (χ0v) is 11.4. The summed E-state index contributed by atoms with van der Waals surface area (Å²) in [6.07, 6.45) is 2.58. The topological polar surface area (TPSA) is 62.8 Å². The Morgan fingerprint density at radius 1 is 1.32 bits per heavy atom. The number of benzene rings is 1. The van der Waals surface area contributed by atoms with E-state index >= 15 is 0 Å². The van der Waals surface area contributed by atoms with Gasteiger partial charge in [0.25, 0.3) is 0 Å². The maximum atomic E-state index is 5.69. The molecule has 1 heterocycles. The number of para-hydroxylation sites is 1.